The molecule has 2 N–H and O–H groups in total. The summed E-state index contributed by atoms with van der Waals surface area (Å²) in [6.07, 6.45) is -0.391. The summed E-state index contributed by atoms with van der Waals surface area (Å²) < 4.78 is 4.93. The third kappa shape index (κ3) is 4.44. The molecule has 3 rings (SSSR count). The molecular formula is C20H21N3O4. The zero-order valence-corrected chi connectivity index (χ0v) is 15.2. The second-order valence-corrected chi connectivity index (χ2v) is 6.49. The van der Waals surface area contributed by atoms with Crippen molar-refractivity contribution in [2.75, 3.05) is 28.7 Å². The normalized spacial score (nSPS) is 13.4. The Balaban J connectivity index is 1.67. The number of anilines is 3. The van der Waals surface area contributed by atoms with E-state index in [4.69, 9.17) is 4.74 Å². The van der Waals surface area contributed by atoms with Gasteiger partial charge in [-0.15, -0.1) is 0 Å². The van der Waals surface area contributed by atoms with E-state index in [1.165, 1.54) is 4.90 Å². The van der Waals surface area contributed by atoms with Crippen LogP contribution >= 0.6 is 0 Å². The van der Waals surface area contributed by atoms with Crippen molar-refractivity contribution >= 4 is 35.0 Å². The van der Waals surface area contributed by atoms with Gasteiger partial charge in [-0.2, -0.15) is 0 Å². The maximum atomic E-state index is 12.4. The predicted octanol–water partition coefficient (Wildman–Crippen LogP) is 3.49. The molecule has 0 bridgehead atoms. The molecule has 7 nitrogen and oxygen atoms in total. The number of hydrogen-bond donors (Lipinski definition) is 2. The quantitative estimate of drug-likeness (QED) is 0.847. The molecule has 0 spiro atoms. The van der Waals surface area contributed by atoms with E-state index in [1.807, 2.05) is 13.8 Å². The first kappa shape index (κ1) is 18.4. The smallest absolute Gasteiger partial charge is 0.414 e. The average Bonchev–Trinajstić information content (AvgIpc) is 3.08. The summed E-state index contributed by atoms with van der Waals surface area (Å²) in [5, 5.41) is 5.59. The van der Waals surface area contributed by atoms with Crippen LogP contribution in [0.4, 0.5) is 21.9 Å². The number of hydrogen-bond acceptors (Lipinski definition) is 4. The molecule has 3 amide bonds. The number of benzene rings is 2. The molecule has 1 heterocycles. The fourth-order valence-corrected chi connectivity index (χ4v) is 2.57. The summed E-state index contributed by atoms with van der Waals surface area (Å²) in [5.74, 6) is -0.476. The van der Waals surface area contributed by atoms with E-state index < -0.39 is 6.09 Å². The summed E-state index contributed by atoms with van der Waals surface area (Å²) in [5.41, 5.74) is 2.35. The summed E-state index contributed by atoms with van der Waals surface area (Å²) in [7, 11) is 0. The maximum absolute atomic E-state index is 12.4. The number of nitrogens with one attached hydrogen (secondary N) is 2. The Labute approximate surface area is 157 Å². The summed E-state index contributed by atoms with van der Waals surface area (Å²) in [6, 6.07) is 13.7. The Morgan fingerprint density at radius 3 is 2.41 bits per heavy atom. The van der Waals surface area contributed by atoms with Gasteiger partial charge in [0.05, 0.1) is 6.54 Å². The number of cyclic esters (lactones) is 1. The van der Waals surface area contributed by atoms with Crippen molar-refractivity contribution in [2.24, 2.45) is 5.92 Å². The number of carbonyl (C=O) groups is 3. The zero-order valence-electron chi connectivity index (χ0n) is 15.2. The second kappa shape index (κ2) is 7.90. The van der Waals surface area contributed by atoms with Crippen LogP contribution in [0.5, 0.6) is 0 Å². The van der Waals surface area contributed by atoms with Crippen molar-refractivity contribution in [1.82, 2.24) is 0 Å². The lowest BCUT2D eigenvalue weighted by atomic mass is 10.1. The molecule has 1 aliphatic rings. The lowest BCUT2D eigenvalue weighted by molar-refractivity contribution is -0.118. The molecule has 0 atom stereocenters. The van der Waals surface area contributed by atoms with Gasteiger partial charge in [-0.3, -0.25) is 14.5 Å². The molecule has 7 heteroatoms. The lowest BCUT2D eigenvalue weighted by Crippen LogP contribution is -2.23. The Morgan fingerprint density at radius 2 is 1.78 bits per heavy atom. The SMILES string of the molecule is CC(C)C(=O)Nc1ccc(C(=O)Nc2cccc(N3CCOC3=O)c2)cc1. The molecule has 140 valence electrons. The lowest BCUT2D eigenvalue weighted by Gasteiger charge is -2.14. The molecule has 1 fully saturated rings. The number of nitrogens with zero attached hydrogens (tertiary/aromatic N) is 1. The van der Waals surface area contributed by atoms with Crippen molar-refractivity contribution < 1.29 is 19.1 Å². The third-order valence-corrected chi connectivity index (χ3v) is 4.12. The Kier molecular flexibility index (Phi) is 5.40. The number of ether oxygens (including phenoxy) is 1. The Bertz CT molecular complexity index is 862. The van der Waals surface area contributed by atoms with E-state index in [-0.39, 0.29) is 17.7 Å². The first-order valence-electron chi connectivity index (χ1n) is 8.70. The molecule has 0 aromatic heterocycles. The minimum atomic E-state index is -0.391. The highest BCUT2D eigenvalue weighted by molar-refractivity contribution is 6.05. The first-order valence-corrected chi connectivity index (χ1v) is 8.70. The van der Waals surface area contributed by atoms with Crippen LogP contribution in [-0.2, 0) is 9.53 Å². The molecule has 0 aliphatic carbocycles. The molecular weight excluding hydrogens is 346 g/mol. The van der Waals surface area contributed by atoms with E-state index in [0.29, 0.717) is 35.8 Å². The van der Waals surface area contributed by atoms with Gasteiger partial charge in [-0.25, -0.2) is 4.79 Å². The second-order valence-electron chi connectivity index (χ2n) is 6.49. The Morgan fingerprint density at radius 1 is 1.04 bits per heavy atom. The van der Waals surface area contributed by atoms with Crippen molar-refractivity contribution in [3.8, 4) is 0 Å². The monoisotopic (exact) mass is 367 g/mol. The fourth-order valence-electron chi connectivity index (χ4n) is 2.57. The van der Waals surface area contributed by atoms with Crippen LogP contribution in [0.2, 0.25) is 0 Å². The predicted molar refractivity (Wildman–Crippen MR) is 103 cm³/mol. The minimum Gasteiger partial charge on any atom is -0.447 e. The van der Waals surface area contributed by atoms with Gasteiger partial charge in [-0.1, -0.05) is 19.9 Å². The summed E-state index contributed by atoms with van der Waals surface area (Å²) in [6.45, 7) is 4.47. The van der Waals surface area contributed by atoms with Gasteiger partial charge < -0.3 is 15.4 Å². The standard InChI is InChI=1S/C20H21N3O4/c1-13(2)18(24)21-15-8-6-14(7-9-15)19(25)22-16-4-3-5-17(12-16)23-10-11-27-20(23)26/h3-9,12-13H,10-11H2,1-2H3,(H,21,24)(H,22,25). The topological polar surface area (TPSA) is 87.7 Å². The van der Waals surface area contributed by atoms with Gasteiger partial charge in [0, 0.05) is 28.5 Å². The highest BCUT2D eigenvalue weighted by Crippen LogP contribution is 2.23. The van der Waals surface area contributed by atoms with E-state index in [0.717, 1.165) is 0 Å². The molecule has 0 radical (unpaired) electrons. The van der Waals surface area contributed by atoms with Crippen molar-refractivity contribution in [1.29, 1.82) is 0 Å². The molecule has 1 saturated heterocycles. The minimum absolute atomic E-state index is 0.0792. The Hall–Kier alpha value is -3.35. The van der Waals surface area contributed by atoms with Gasteiger partial charge in [0.15, 0.2) is 0 Å². The molecule has 0 saturated carbocycles. The summed E-state index contributed by atoms with van der Waals surface area (Å²) >= 11 is 0. The average molecular weight is 367 g/mol. The number of amides is 3. The van der Waals surface area contributed by atoms with Crippen LogP contribution in [-0.4, -0.2) is 31.1 Å². The van der Waals surface area contributed by atoms with Crippen molar-refractivity contribution in [2.45, 2.75) is 13.8 Å². The maximum Gasteiger partial charge on any atom is 0.414 e. The first-order chi connectivity index (χ1) is 12.9. The van der Waals surface area contributed by atoms with Gasteiger partial charge in [-0.05, 0) is 42.5 Å². The largest absolute Gasteiger partial charge is 0.447 e. The molecule has 0 unspecified atom stereocenters. The number of rotatable bonds is 5. The molecule has 2 aromatic carbocycles. The third-order valence-electron chi connectivity index (χ3n) is 4.12. The van der Waals surface area contributed by atoms with Crippen LogP contribution in [0, 0.1) is 5.92 Å². The van der Waals surface area contributed by atoms with E-state index in [2.05, 4.69) is 10.6 Å². The van der Waals surface area contributed by atoms with Crippen LogP contribution in [0.25, 0.3) is 0 Å². The van der Waals surface area contributed by atoms with E-state index in [1.54, 1.807) is 48.5 Å². The summed E-state index contributed by atoms with van der Waals surface area (Å²) in [4.78, 5) is 37.3. The van der Waals surface area contributed by atoms with Crippen molar-refractivity contribution in [3.05, 3.63) is 54.1 Å². The fraction of sp³-hybridized carbons (Fsp3) is 0.250. The molecule has 27 heavy (non-hydrogen) atoms. The van der Waals surface area contributed by atoms with E-state index >= 15 is 0 Å². The highest BCUT2D eigenvalue weighted by Gasteiger charge is 2.23. The van der Waals surface area contributed by atoms with Gasteiger partial charge in [0.1, 0.15) is 6.61 Å². The van der Waals surface area contributed by atoms with Gasteiger partial charge in [0.25, 0.3) is 5.91 Å². The van der Waals surface area contributed by atoms with Crippen LogP contribution in [0.1, 0.15) is 24.2 Å². The van der Waals surface area contributed by atoms with Crippen LogP contribution in [0.15, 0.2) is 48.5 Å². The number of carbonyl (C=O) groups excluding carboxylic acids is 3. The zero-order chi connectivity index (χ0) is 19.4. The van der Waals surface area contributed by atoms with E-state index in [9.17, 15) is 14.4 Å². The van der Waals surface area contributed by atoms with Gasteiger partial charge >= 0.3 is 6.09 Å². The molecule has 2 aromatic rings. The van der Waals surface area contributed by atoms with Crippen LogP contribution in [0.3, 0.4) is 0 Å². The van der Waals surface area contributed by atoms with Crippen LogP contribution < -0.4 is 15.5 Å². The van der Waals surface area contributed by atoms with Crippen molar-refractivity contribution in [3.63, 3.8) is 0 Å². The molecule has 1 aliphatic heterocycles. The van der Waals surface area contributed by atoms with Gasteiger partial charge in [0.2, 0.25) is 5.91 Å². The highest BCUT2D eigenvalue weighted by atomic mass is 16.6.